The van der Waals surface area contributed by atoms with Crippen LogP contribution in [0.25, 0.3) is 0 Å². The van der Waals surface area contributed by atoms with Crippen molar-refractivity contribution in [2.24, 2.45) is 5.73 Å². The minimum Gasteiger partial charge on any atom is -0.369 e. The topological polar surface area (TPSA) is 55.1 Å². The van der Waals surface area contributed by atoms with E-state index >= 15 is 0 Å². The SMILES string of the molecule is CNCc1ccccc1C#CCC(N)=O. The van der Waals surface area contributed by atoms with Crippen molar-refractivity contribution < 1.29 is 4.79 Å². The lowest BCUT2D eigenvalue weighted by atomic mass is 10.1. The Morgan fingerprint density at radius 1 is 1.47 bits per heavy atom. The van der Waals surface area contributed by atoms with E-state index in [4.69, 9.17) is 5.73 Å². The van der Waals surface area contributed by atoms with Crippen LogP contribution in [0.2, 0.25) is 0 Å². The molecule has 1 aromatic rings. The van der Waals surface area contributed by atoms with Crippen molar-refractivity contribution in [2.45, 2.75) is 13.0 Å². The number of nitrogens with two attached hydrogens (primary N) is 1. The monoisotopic (exact) mass is 202 g/mol. The van der Waals surface area contributed by atoms with Crippen LogP contribution in [-0.4, -0.2) is 13.0 Å². The van der Waals surface area contributed by atoms with Crippen LogP contribution in [0.5, 0.6) is 0 Å². The van der Waals surface area contributed by atoms with E-state index in [0.29, 0.717) is 0 Å². The molecule has 1 rings (SSSR count). The second-order valence-corrected chi connectivity index (χ2v) is 3.13. The molecule has 0 bridgehead atoms. The Bertz CT molecular complexity index is 402. The summed E-state index contributed by atoms with van der Waals surface area (Å²) >= 11 is 0. The minimum absolute atomic E-state index is 0.105. The van der Waals surface area contributed by atoms with Gasteiger partial charge in [-0.3, -0.25) is 4.79 Å². The van der Waals surface area contributed by atoms with E-state index in [-0.39, 0.29) is 6.42 Å². The fourth-order valence-corrected chi connectivity index (χ4v) is 1.21. The molecule has 0 heterocycles. The summed E-state index contributed by atoms with van der Waals surface area (Å²) < 4.78 is 0. The third kappa shape index (κ3) is 3.84. The number of hydrogen-bond donors (Lipinski definition) is 2. The number of hydrogen-bond acceptors (Lipinski definition) is 2. The second kappa shape index (κ2) is 5.84. The Balaban J connectivity index is 2.81. The molecule has 3 nitrogen and oxygen atoms in total. The van der Waals surface area contributed by atoms with Gasteiger partial charge in [-0.25, -0.2) is 0 Å². The highest BCUT2D eigenvalue weighted by Crippen LogP contribution is 2.06. The van der Waals surface area contributed by atoms with Gasteiger partial charge in [0.1, 0.15) is 0 Å². The molecule has 3 N–H and O–H groups in total. The molecule has 0 saturated carbocycles. The first-order valence-electron chi connectivity index (χ1n) is 4.73. The lowest BCUT2D eigenvalue weighted by Gasteiger charge is -2.02. The second-order valence-electron chi connectivity index (χ2n) is 3.13. The molecule has 0 aromatic heterocycles. The lowest BCUT2D eigenvalue weighted by molar-refractivity contribution is -0.117. The normalized spacial score (nSPS) is 9.13. The number of carbonyl (C=O) groups excluding carboxylic acids is 1. The van der Waals surface area contributed by atoms with Crippen LogP contribution in [0.4, 0.5) is 0 Å². The van der Waals surface area contributed by atoms with Gasteiger partial charge in [0.15, 0.2) is 0 Å². The predicted molar refractivity (Wildman–Crippen MR) is 59.9 cm³/mol. The van der Waals surface area contributed by atoms with Gasteiger partial charge in [0.25, 0.3) is 0 Å². The van der Waals surface area contributed by atoms with Crippen LogP contribution in [-0.2, 0) is 11.3 Å². The van der Waals surface area contributed by atoms with E-state index in [1.807, 2.05) is 31.3 Å². The van der Waals surface area contributed by atoms with Crippen LogP contribution in [0, 0.1) is 11.8 Å². The van der Waals surface area contributed by atoms with Gasteiger partial charge in [0.05, 0.1) is 6.42 Å². The first-order chi connectivity index (χ1) is 7.24. The van der Waals surface area contributed by atoms with Crippen molar-refractivity contribution in [1.82, 2.24) is 5.32 Å². The van der Waals surface area contributed by atoms with Crippen LogP contribution >= 0.6 is 0 Å². The average molecular weight is 202 g/mol. The summed E-state index contributed by atoms with van der Waals surface area (Å²) in [7, 11) is 1.88. The number of primary amides is 1. The van der Waals surface area contributed by atoms with Crippen molar-refractivity contribution in [3.8, 4) is 11.8 Å². The summed E-state index contributed by atoms with van der Waals surface area (Å²) in [6.07, 6.45) is 0.105. The maximum absolute atomic E-state index is 10.5. The smallest absolute Gasteiger partial charge is 0.229 e. The molecular formula is C12H14N2O. The van der Waals surface area contributed by atoms with Gasteiger partial charge < -0.3 is 11.1 Å². The van der Waals surface area contributed by atoms with Crippen molar-refractivity contribution in [1.29, 1.82) is 0 Å². The lowest BCUT2D eigenvalue weighted by Crippen LogP contribution is -2.08. The van der Waals surface area contributed by atoms with Crippen LogP contribution in [0.15, 0.2) is 24.3 Å². The van der Waals surface area contributed by atoms with Crippen molar-refractivity contribution in [3.05, 3.63) is 35.4 Å². The average Bonchev–Trinajstić information content (AvgIpc) is 2.20. The maximum atomic E-state index is 10.5. The molecule has 1 aromatic carbocycles. The third-order valence-electron chi connectivity index (χ3n) is 1.87. The van der Waals surface area contributed by atoms with Gasteiger partial charge in [0, 0.05) is 12.1 Å². The first kappa shape index (κ1) is 11.3. The highest BCUT2D eigenvalue weighted by molar-refractivity contribution is 5.76. The zero-order chi connectivity index (χ0) is 11.1. The Hall–Kier alpha value is -1.79. The molecular weight excluding hydrogens is 188 g/mol. The molecule has 0 aliphatic carbocycles. The number of nitrogens with one attached hydrogen (secondary N) is 1. The number of carbonyl (C=O) groups is 1. The van der Waals surface area contributed by atoms with Gasteiger partial charge in [-0.1, -0.05) is 30.0 Å². The molecule has 0 radical (unpaired) electrons. The van der Waals surface area contributed by atoms with Crippen LogP contribution in [0.3, 0.4) is 0 Å². The molecule has 0 saturated heterocycles. The van der Waals surface area contributed by atoms with E-state index in [2.05, 4.69) is 17.2 Å². The Morgan fingerprint density at radius 2 is 2.20 bits per heavy atom. The summed E-state index contributed by atoms with van der Waals surface area (Å²) in [5.41, 5.74) is 7.06. The zero-order valence-corrected chi connectivity index (χ0v) is 8.71. The summed E-state index contributed by atoms with van der Waals surface area (Å²) in [4.78, 5) is 10.5. The fraction of sp³-hybridized carbons (Fsp3) is 0.250. The number of rotatable bonds is 3. The highest BCUT2D eigenvalue weighted by atomic mass is 16.1. The molecule has 0 atom stereocenters. The quantitative estimate of drug-likeness (QED) is 0.706. The number of benzene rings is 1. The van der Waals surface area contributed by atoms with Crippen molar-refractivity contribution in [3.63, 3.8) is 0 Å². The van der Waals surface area contributed by atoms with Crippen molar-refractivity contribution in [2.75, 3.05) is 7.05 Å². The van der Waals surface area contributed by atoms with Gasteiger partial charge in [-0.05, 0) is 18.7 Å². The maximum Gasteiger partial charge on any atom is 0.229 e. The van der Waals surface area contributed by atoms with E-state index in [9.17, 15) is 4.79 Å². The third-order valence-corrected chi connectivity index (χ3v) is 1.87. The Labute approximate surface area is 89.7 Å². The first-order valence-corrected chi connectivity index (χ1v) is 4.73. The molecule has 3 heteroatoms. The summed E-state index contributed by atoms with van der Waals surface area (Å²) in [5, 5.41) is 3.06. The summed E-state index contributed by atoms with van der Waals surface area (Å²) in [6.45, 7) is 0.765. The highest BCUT2D eigenvalue weighted by Gasteiger charge is 1.96. The van der Waals surface area contributed by atoms with Gasteiger partial charge in [-0.2, -0.15) is 0 Å². The van der Waals surface area contributed by atoms with E-state index in [0.717, 1.165) is 17.7 Å². The Morgan fingerprint density at radius 3 is 2.87 bits per heavy atom. The molecule has 0 aliphatic rings. The largest absolute Gasteiger partial charge is 0.369 e. The standard InChI is InChI=1S/C12H14N2O/c1-14-9-11-6-3-2-5-10(11)7-4-8-12(13)15/h2-3,5-6,14H,8-9H2,1H3,(H2,13,15). The fourth-order valence-electron chi connectivity index (χ4n) is 1.21. The molecule has 0 spiro atoms. The predicted octanol–water partition coefficient (Wildman–Crippen LogP) is 0.633. The zero-order valence-electron chi connectivity index (χ0n) is 8.71. The van der Waals surface area contributed by atoms with Gasteiger partial charge >= 0.3 is 0 Å². The van der Waals surface area contributed by atoms with E-state index in [1.54, 1.807) is 0 Å². The summed E-state index contributed by atoms with van der Waals surface area (Å²) in [5.74, 6) is 5.29. The van der Waals surface area contributed by atoms with Crippen LogP contribution in [0.1, 0.15) is 17.5 Å². The van der Waals surface area contributed by atoms with E-state index in [1.165, 1.54) is 0 Å². The molecule has 78 valence electrons. The van der Waals surface area contributed by atoms with Crippen molar-refractivity contribution >= 4 is 5.91 Å². The molecule has 0 unspecified atom stereocenters. The van der Waals surface area contributed by atoms with Crippen LogP contribution < -0.4 is 11.1 Å². The summed E-state index contributed by atoms with van der Waals surface area (Å²) in [6, 6.07) is 7.82. The Kier molecular flexibility index (Phi) is 4.39. The molecule has 1 amide bonds. The minimum atomic E-state index is -0.395. The number of amides is 1. The molecule has 0 fully saturated rings. The van der Waals surface area contributed by atoms with Gasteiger partial charge in [0.2, 0.25) is 5.91 Å². The van der Waals surface area contributed by atoms with E-state index < -0.39 is 5.91 Å². The molecule has 0 aliphatic heterocycles. The molecule has 15 heavy (non-hydrogen) atoms. The van der Waals surface area contributed by atoms with Gasteiger partial charge in [-0.15, -0.1) is 0 Å².